The molecule has 5 heteroatoms. The summed E-state index contributed by atoms with van der Waals surface area (Å²) < 4.78 is 3.17. The van der Waals surface area contributed by atoms with Gasteiger partial charge in [-0.3, -0.25) is 4.79 Å². The van der Waals surface area contributed by atoms with Gasteiger partial charge in [0.2, 0.25) is 5.91 Å². The molecule has 1 aromatic heterocycles. The van der Waals surface area contributed by atoms with Crippen molar-refractivity contribution in [2.24, 2.45) is 7.05 Å². The number of benzene rings is 1. The van der Waals surface area contributed by atoms with E-state index in [9.17, 15) is 4.79 Å². The highest BCUT2D eigenvalue weighted by molar-refractivity contribution is 9.10. The number of carbonyl (C=O) groups is 1. The standard InChI is InChI=1S/C17H20BrN3O/c1-21-15-5-3-2-4-14(15)20-16(21)11-19-17(22)10-12-6-8-13(18)9-7-12/h6-9H,2-5,10-11H2,1H3,(H,19,22). The predicted octanol–water partition coefficient (Wildman–Crippen LogP) is 2.92. The van der Waals surface area contributed by atoms with Gasteiger partial charge >= 0.3 is 0 Å². The molecule has 1 aromatic carbocycles. The quantitative estimate of drug-likeness (QED) is 0.909. The second-order valence-electron chi connectivity index (χ2n) is 5.77. The normalized spacial score (nSPS) is 13.7. The van der Waals surface area contributed by atoms with Crippen LogP contribution in [0.2, 0.25) is 0 Å². The number of rotatable bonds is 4. The van der Waals surface area contributed by atoms with Crippen LogP contribution in [-0.4, -0.2) is 15.5 Å². The minimum atomic E-state index is 0.0308. The van der Waals surface area contributed by atoms with Crippen molar-refractivity contribution in [2.45, 2.75) is 38.6 Å². The molecular formula is C17H20BrN3O. The zero-order valence-electron chi connectivity index (χ0n) is 12.7. The Hall–Kier alpha value is -1.62. The van der Waals surface area contributed by atoms with Gasteiger partial charge in [-0.2, -0.15) is 0 Å². The summed E-state index contributed by atoms with van der Waals surface area (Å²) in [4.78, 5) is 16.7. The number of fused-ring (bicyclic) bond motifs is 1. The van der Waals surface area contributed by atoms with Gasteiger partial charge in [0, 0.05) is 17.2 Å². The third-order valence-corrected chi connectivity index (χ3v) is 4.72. The van der Waals surface area contributed by atoms with Crippen LogP contribution in [0.25, 0.3) is 0 Å². The van der Waals surface area contributed by atoms with Crippen LogP contribution in [0.5, 0.6) is 0 Å². The van der Waals surface area contributed by atoms with Crippen molar-refractivity contribution in [3.8, 4) is 0 Å². The van der Waals surface area contributed by atoms with E-state index in [1.807, 2.05) is 31.3 Å². The molecule has 0 fully saturated rings. The van der Waals surface area contributed by atoms with Crippen LogP contribution in [0.15, 0.2) is 28.7 Å². The second-order valence-corrected chi connectivity index (χ2v) is 6.68. The number of halogens is 1. The van der Waals surface area contributed by atoms with Crippen molar-refractivity contribution in [2.75, 3.05) is 0 Å². The molecule has 116 valence electrons. The molecule has 0 unspecified atom stereocenters. The molecule has 0 radical (unpaired) electrons. The zero-order chi connectivity index (χ0) is 15.5. The van der Waals surface area contributed by atoms with Gasteiger partial charge in [0.15, 0.2) is 0 Å². The highest BCUT2D eigenvalue weighted by Crippen LogP contribution is 2.21. The molecule has 1 aliphatic carbocycles. The van der Waals surface area contributed by atoms with E-state index in [0.29, 0.717) is 13.0 Å². The average Bonchev–Trinajstić information content (AvgIpc) is 2.84. The largest absolute Gasteiger partial charge is 0.349 e. The van der Waals surface area contributed by atoms with Gasteiger partial charge in [-0.1, -0.05) is 28.1 Å². The number of imidazole rings is 1. The molecule has 1 amide bonds. The topological polar surface area (TPSA) is 46.9 Å². The van der Waals surface area contributed by atoms with Crippen molar-refractivity contribution < 1.29 is 4.79 Å². The Balaban J connectivity index is 1.59. The first-order valence-corrected chi connectivity index (χ1v) is 8.47. The Morgan fingerprint density at radius 3 is 2.73 bits per heavy atom. The van der Waals surface area contributed by atoms with E-state index < -0.39 is 0 Å². The minimum Gasteiger partial charge on any atom is -0.349 e. The molecule has 0 aliphatic heterocycles. The number of aryl methyl sites for hydroxylation is 1. The summed E-state index contributed by atoms with van der Waals surface area (Å²) in [6, 6.07) is 7.83. The molecule has 4 nitrogen and oxygen atoms in total. The Morgan fingerprint density at radius 2 is 2.00 bits per heavy atom. The molecule has 3 rings (SSSR count). The molecule has 22 heavy (non-hydrogen) atoms. The molecule has 0 bridgehead atoms. The van der Waals surface area contributed by atoms with E-state index in [1.165, 1.54) is 24.2 Å². The molecule has 1 N–H and O–H groups in total. The summed E-state index contributed by atoms with van der Waals surface area (Å²) in [5.41, 5.74) is 3.56. The number of hydrogen-bond acceptors (Lipinski definition) is 2. The molecule has 0 spiro atoms. The molecule has 2 aromatic rings. The lowest BCUT2D eigenvalue weighted by molar-refractivity contribution is -0.120. The van der Waals surface area contributed by atoms with Gasteiger partial charge in [0.1, 0.15) is 5.82 Å². The maximum atomic E-state index is 12.1. The maximum absolute atomic E-state index is 12.1. The van der Waals surface area contributed by atoms with Gasteiger partial charge in [-0.25, -0.2) is 4.98 Å². The van der Waals surface area contributed by atoms with E-state index >= 15 is 0 Å². The lowest BCUT2D eigenvalue weighted by atomic mass is 10.0. The Bertz CT molecular complexity index is 676. The van der Waals surface area contributed by atoms with Crippen molar-refractivity contribution in [3.05, 3.63) is 51.5 Å². The fraction of sp³-hybridized carbons (Fsp3) is 0.412. The average molecular weight is 362 g/mol. The number of nitrogens with zero attached hydrogens (tertiary/aromatic N) is 2. The smallest absolute Gasteiger partial charge is 0.224 e. The van der Waals surface area contributed by atoms with Crippen LogP contribution in [0.4, 0.5) is 0 Å². The van der Waals surface area contributed by atoms with Gasteiger partial charge in [-0.05, 0) is 43.4 Å². The maximum Gasteiger partial charge on any atom is 0.224 e. The van der Waals surface area contributed by atoms with Gasteiger partial charge in [0.05, 0.1) is 18.7 Å². The third kappa shape index (κ3) is 3.40. The summed E-state index contributed by atoms with van der Waals surface area (Å²) in [5, 5.41) is 2.98. The first-order chi connectivity index (χ1) is 10.6. The monoisotopic (exact) mass is 361 g/mol. The van der Waals surface area contributed by atoms with Crippen LogP contribution in [0.3, 0.4) is 0 Å². The first kappa shape index (κ1) is 15.3. The van der Waals surface area contributed by atoms with Crippen molar-refractivity contribution in [3.63, 3.8) is 0 Å². The third-order valence-electron chi connectivity index (χ3n) is 4.19. The fourth-order valence-electron chi connectivity index (χ4n) is 2.93. The van der Waals surface area contributed by atoms with Crippen LogP contribution in [-0.2, 0) is 37.6 Å². The van der Waals surface area contributed by atoms with Crippen LogP contribution >= 0.6 is 15.9 Å². The van der Waals surface area contributed by atoms with E-state index in [2.05, 4.69) is 30.8 Å². The highest BCUT2D eigenvalue weighted by Gasteiger charge is 2.17. The van der Waals surface area contributed by atoms with Crippen LogP contribution < -0.4 is 5.32 Å². The lowest BCUT2D eigenvalue weighted by Gasteiger charge is -2.11. The summed E-state index contributed by atoms with van der Waals surface area (Å²) in [7, 11) is 2.05. The van der Waals surface area contributed by atoms with Gasteiger partial charge in [-0.15, -0.1) is 0 Å². The van der Waals surface area contributed by atoms with Crippen molar-refractivity contribution in [1.82, 2.24) is 14.9 Å². The van der Waals surface area contributed by atoms with Gasteiger partial charge in [0.25, 0.3) is 0 Å². The zero-order valence-corrected chi connectivity index (χ0v) is 14.3. The first-order valence-electron chi connectivity index (χ1n) is 7.68. The van der Waals surface area contributed by atoms with Crippen LogP contribution in [0.1, 0.15) is 35.6 Å². The Morgan fingerprint density at radius 1 is 1.27 bits per heavy atom. The van der Waals surface area contributed by atoms with E-state index in [4.69, 9.17) is 0 Å². The molecule has 0 saturated heterocycles. The molecule has 0 saturated carbocycles. The minimum absolute atomic E-state index is 0.0308. The Kier molecular flexibility index (Phi) is 4.62. The predicted molar refractivity (Wildman–Crippen MR) is 89.5 cm³/mol. The summed E-state index contributed by atoms with van der Waals surface area (Å²) >= 11 is 3.40. The number of aromatic nitrogens is 2. The van der Waals surface area contributed by atoms with E-state index in [1.54, 1.807) is 0 Å². The number of amides is 1. The number of nitrogens with one attached hydrogen (secondary N) is 1. The summed E-state index contributed by atoms with van der Waals surface area (Å²) in [6.45, 7) is 0.499. The number of hydrogen-bond donors (Lipinski definition) is 1. The molecule has 0 atom stereocenters. The molecule has 1 heterocycles. The summed E-state index contributed by atoms with van der Waals surface area (Å²) in [6.07, 6.45) is 5.03. The van der Waals surface area contributed by atoms with Crippen molar-refractivity contribution in [1.29, 1.82) is 0 Å². The lowest BCUT2D eigenvalue weighted by Crippen LogP contribution is -2.26. The second kappa shape index (κ2) is 6.65. The van der Waals surface area contributed by atoms with E-state index in [0.717, 1.165) is 28.7 Å². The van der Waals surface area contributed by atoms with Gasteiger partial charge < -0.3 is 9.88 Å². The number of carbonyl (C=O) groups excluding carboxylic acids is 1. The summed E-state index contributed by atoms with van der Waals surface area (Å²) in [5.74, 6) is 0.986. The van der Waals surface area contributed by atoms with E-state index in [-0.39, 0.29) is 5.91 Å². The van der Waals surface area contributed by atoms with Crippen LogP contribution in [0, 0.1) is 0 Å². The molecular weight excluding hydrogens is 342 g/mol. The van der Waals surface area contributed by atoms with Crippen molar-refractivity contribution >= 4 is 21.8 Å². The molecule has 1 aliphatic rings. The fourth-order valence-corrected chi connectivity index (χ4v) is 3.19. The Labute approximate surface area is 139 Å². The highest BCUT2D eigenvalue weighted by atomic mass is 79.9. The SMILES string of the molecule is Cn1c(CNC(=O)Cc2ccc(Br)cc2)nc2c1CCCC2.